The van der Waals surface area contributed by atoms with Crippen LogP contribution in [0.1, 0.15) is 24.4 Å². The number of hydrogen-bond acceptors (Lipinski definition) is 3. The molecule has 19 heavy (non-hydrogen) atoms. The van der Waals surface area contributed by atoms with E-state index < -0.39 is 6.10 Å². The maximum atomic E-state index is 10.1. The van der Waals surface area contributed by atoms with Crippen molar-refractivity contribution in [2.24, 2.45) is 0 Å². The van der Waals surface area contributed by atoms with E-state index in [-0.39, 0.29) is 0 Å². The van der Waals surface area contributed by atoms with Gasteiger partial charge in [0.25, 0.3) is 0 Å². The van der Waals surface area contributed by atoms with Crippen LogP contribution in [0, 0.1) is 6.92 Å². The number of hydrogen-bond donors (Lipinski definition) is 1. The Kier molecular flexibility index (Phi) is 2.80. The molecular weight excluding hydrogens is 238 g/mol. The molecule has 4 heteroatoms. The van der Waals surface area contributed by atoms with Gasteiger partial charge in [0, 0.05) is 23.7 Å². The predicted octanol–water partition coefficient (Wildman–Crippen LogP) is 2.76. The smallest absolute Gasteiger partial charge is 0.137 e. The molecule has 0 aliphatic heterocycles. The number of aliphatic hydroxyl groups excluding tert-OH is 1. The molecule has 0 amide bonds. The first kappa shape index (κ1) is 11.9. The van der Waals surface area contributed by atoms with E-state index in [4.69, 9.17) is 0 Å². The summed E-state index contributed by atoms with van der Waals surface area (Å²) < 4.78 is 1.99. The number of aromatic nitrogens is 3. The second kappa shape index (κ2) is 4.48. The Bertz CT molecular complexity index is 717. The second-order valence-electron chi connectivity index (χ2n) is 4.62. The van der Waals surface area contributed by atoms with Crippen molar-refractivity contribution in [3.63, 3.8) is 0 Å². The van der Waals surface area contributed by atoms with Crippen molar-refractivity contribution in [3.05, 3.63) is 54.1 Å². The molecule has 3 heterocycles. The molecule has 0 bridgehead atoms. The van der Waals surface area contributed by atoms with Crippen LogP contribution in [-0.4, -0.2) is 19.5 Å². The number of nitrogens with zero attached hydrogens (tertiary/aromatic N) is 3. The lowest BCUT2D eigenvalue weighted by Crippen LogP contribution is -2.02. The molecule has 0 spiro atoms. The van der Waals surface area contributed by atoms with Gasteiger partial charge < -0.3 is 5.11 Å². The Labute approximate surface area is 111 Å². The van der Waals surface area contributed by atoms with Crippen LogP contribution >= 0.6 is 0 Å². The molecular formula is C15H15N3O. The van der Waals surface area contributed by atoms with E-state index in [0.717, 1.165) is 28.3 Å². The van der Waals surface area contributed by atoms with Crippen molar-refractivity contribution in [1.29, 1.82) is 0 Å². The molecule has 0 aliphatic rings. The molecule has 3 aromatic heterocycles. The van der Waals surface area contributed by atoms with Gasteiger partial charge in [-0.2, -0.15) is 0 Å². The first-order valence-corrected chi connectivity index (χ1v) is 6.25. The number of aliphatic hydroxyl groups is 1. The molecule has 4 nitrogen and oxygen atoms in total. The van der Waals surface area contributed by atoms with Crippen LogP contribution in [0.3, 0.4) is 0 Å². The van der Waals surface area contributed by atoms with Crippen LogP contribution in [0.4, 0.5) is 0 Å². The normalized spacial score (nSPS) is 12.8. The number of fused-ring (bicyclic) bond motifs is 1. The lowest BCUT2D eigenvalue weighted by atomic mass is 10.1. The summed E-state index contributed by atoms with van der Waals surface area (Å²) in [5.74, 6) is 0. The summed E-state index contributed by atoms with van der Waals surface area (Å²) in [6, 6.07) is 9.75. The fraction of sp³-hybridized carbons (Fsp3) is 0.200. The first-order chi connectivity index (χ1) is 9.18. The lowest BCUT2D eigenvalue weighted by molar-refractivity contribution is 0.194. The summed E-state index contributed by atoms with van der Waals surface area (Å²) in [4.78, 5) is 8.75. The van der Waals surface area contributed by atoms with Crippen LogP contribution in [0.25, 0.3) is 16.9 Å². The zero-order valence-corrected chi connectivity index (χ0v) is 10.9. The third-order valence-electron chi connectivity index (χ3n) is 3.21. The van der Waals surface area contributed by atoms with Crippen LogP contribution < -0.4 is 0 Å². The maximum Gasteiger partial charge on any atom is 0.137 e. The Morgan fingerprint density at radius 3 is 2.74 bits per heavy atom. The van der Waals surface area contributed by atoms with Gasteiger partial charge >= 0.3 is 0 Å². The Hall–Kier alpha value is -2.20. The van der Waals surface area contributed by atoms with Gasteiger partial charge in [0.15, 0.2) is 0 Å². The molecule has 0 fully saturated rings. The summed E-state index contributed by atoms with van der Waals surface area (Å²) in [7, 11) is 0. The third kappa shape index (κ3) is 1.90. The largest absolute Gasteiger partial charge is 0.387 e. The Morgan fingerprint density at radius 2 is 2.05 bits per heavy atom. The second-order valence-corrected chi connectivity index (χ2v) is 4.62. The van der Waals surface area contributed by atoms with Crippen molar-refractivity contribution in [2.75, 3.05) is 0 Å². The highest BCUT2D eigenvalue weighted by atomic mass is 16.3. The number of pyridine rings is 2. The molecule has 0 saturated heterocycles. The van der Waals surface area contributed by atoms with Gasteiger partial charge in [0.2, 0.25) is 0 Å². The zero-order valence-electron chi connectivity index (χ0n) is 10.9. The molecule has 3 aromatic rings. The minimum absolute atomic E-state index is 0.591. The minimum atomic E-state index is -0.591. The number of imidazole rings is 1. The summed E-state index contributed by atoms with van der Waals surface area (Å²) in [6.07, 6.45) is 2.90. The van der Waals surface area contributed by atoms with Gasteiger partial charge in [0.05, 0.1) is 17.5 Å². The number of rotatable bonds is 2. The van der Waals surface area contributed by atoms with Crippen molar-refractivity contribution in [3.8, 4) is 11.3 Å². The van der Waals surface area contributed by atoms with E-state index in [2.05, 4.69) is 9.97 Å². The molecule has 0 saturated carbocycles. The van der Waals surface area contributed by atoms with E-state index in [1.807, 2.05) is 41.7 Å². The molecule has 96 valence electrons. The maximum absolute atomic E-state index is 10.1. The highest BCUT2D eigenvalue weighted by Gasteiger charge is 2.18. The van der Waals surface area contributed by atoms with Crippen molar-refractivity contribution in [2.45, 2.75) is 20.0 Å². The van der Waals surface area contributed by atoms with Crippen molar-refractivity contribution in [1.82, 2.24) is 14.4 Å². The average Bonchev–Trinajstić information content (AvgIpc) is 2.81. The van der Waals surface area contributed by atoms with Gasteiger partial charge in [-0.1, -0.05) is 6.07 Å². The molecule has 1 unspecified atom stereocenters. The predicted molar refractivity (Wildman–Crippen MR) is 73.8 cm³/mol. The third-order valence-corrected chi connectivity index (χ3v) is 3.21. The van der Waals surface area contributed by atoms with E-state index in [1.165, 1.54) is 0 Å². The van der Waals surface area contributed by atoms with Crippen LogP contribution in [0.2, 0.25) is 0 Å². The average molecular weight is 253 g/mol. The van der Waals surface area contributed by atoms with Gasteiger partial charge in [-0.15, -0.1) is 0 Å². The Balaban J connectivity index is 2.37. The molecule has 0 aliphatic carbocycles. The van der Waals surface area contributed by atoms with Crippen molar-refractivity contribution >= 4 is 5.65 Å². The van der Waals surface area contributed by atoms with E-state index >= 15 is 0 Å². The highest BCUT2D eigenvalue weighted by Crippen LogP contribution is 2.29. The molecule has 3 rings (SSSR count). The monoisotopic (exact) mass is 253 g/mol. The van der Waals surface area contributed by atoms with E-state index in [9.17, 15) is 5.11 Å². The highest BCUT2D eigenvalue weighted by molar-refractivity contribution is 5.66. The molecule has 1 atom stereocenters. The van der Waals surface area contributed by atoms with Gasteiger partial charge in [-0.25, -0.2) is 4.98 Å². The van der Waals surface area contributed by atoms with Crippen molar-refractivity contribution < 1.29 is 5.11 Å². The van der Waals surface area contributed by atoms with Gasteiger partial charge in [0.1, 0.15) is 5.65 Å². The quantitative estimate of drug-likeness (QED) is 0.764. The first-order valence-electron chi connectivity index (χ1n) is 6.25. The summed E-state index contributed by atoms with van der Waals surface area (Å²) in [5, 5.41) is 10.1. The van der Waals surface area contributed by atoms with Gasteiger partial charge in [-0.05, 0) is 38.1 Å². The van der Waals surface area contributed by atoms with Gasteiger partial charge in [-0.3, -0.25) is 9.38 Å². The van der Waals surface area contributed by atoms with E-state index in [0.29, 0.717) is 0 Å². The summed E-state index contributed by atoms with van der Waals surface area (Å²) in [5.41, 5.74) is 4.41. The number of aryl methyl sites for hydroxylation is 1. The topological polar surface area (TPSA) is 50.4 Å². The Morgan fingerprint density at radius 1 is 1.21 bits per heavy atom. The van der Waals surface area contributed by atoms with Crippen LogP contribution in [-0.2, 0) is 0 Å². The summed E-state index contributed by atoms with van der Waals surface area (Å²) in [6.45, 7) is 3.77. The van der Waals surface area contributed by atoms with Crippen LogP contribution in [0.5, 0.6) is 0 Å². The molecule has 1 N–H and O–H groups in total. The molecule has 0 aromatic carbocycles. The fourth-order valence-corrected chi connectivity index (χ4v) is 2.38. The standard InChI is InChI=1S/C15H15N3O/c1-10-5-3-7-13-17-14(12-6-4-8-16-9-12)15(11(2)19)18(10)13/h3-9,11,19H,1-2H3. The minimum Gasteiger partial charge on any atom is -0.387 e. The SMILES string of the molecule is Cc1cccc2nc(-c3cccnc3)c(C(C)O)n12. The molecule has 0 radical (unpaired) electrons. The fourth-order valence-electron chi connectivity index (χ4n) is 2.38. The van der Waals surface area contributed by atoms with E-state index in [1.54, 1.807) is 19.3 Å². The lowest BCUT2D eigenvalue weighted by Gasteiger charge is -2.09. The summed E-state index contributed by atoms with van der Waals surface area (Å²) >= 11 is 0. The zero-order chi connectivity index (χ0) is 13.4. The van der Waals surface area contributed by atoms with Crippen LogP contribution in [0.15, 0.2) is 42.7 Å².